The highest BCUT2D eigenvalue weighted by Crippen LogP contribution is 2.33. The quantitative estimate of drug-likeness (QED) is 0.526. The maximum atomic E-state index is 11.9. The Kier molecular flexibility index (Phi) is 4.59. The number of benzene rings is 1. The zero-order chi connectivity index (χ0) is 19.8. The summed E-state index contributed by atoms with van der Waals surface area (Å²) in [6, 6.07) is 4.02. The number of aromatic amines is 1. The molecule has 1 aliphatic carbocycles. The number of aromatic carboxylic acids is 1. The summed E-state index contributed by atoms with van der Waals surface area (Å²) in [5.74, 6) is 0.394. The van der Waals surface area contributed by atoms with Crippen LogP contribution in [0.5, 0.6) is 0 Å². The minimum atomic E-state index is -0.935. The average molecular weight is 395 g/mol. The van der Waals surface area contributed by atoms with Gasteiger partial charge in [0, 0.05) is 44.6 Å². The lowest BCUT2D eigenvalue weighted by atomic mass is 10.1. The van der Waals surface area contributed by atoms with Crippen LogP contribution in [0.25, 0.3) is 11.0 Å². The van der Waals surface area contributed by atoms with E-state index in [0.29, 0.717) is 17.5 Å². The molecular weight excluding hydrogens is 370 g/mol. The van der Waals surface area contributed by atoms with Crippen molar-refractivity contribution in [2.24, 2.45) is 0 Å². The van der Waals surface area contributed by atoms with Crippen molar-refractivity contribution in [1.82, 2.24) is 24.8 Å². The molecule has 5 rings (SSSR count). The minimum absolute atomic E-state index is 0.282. The molecule has 1 aliphatic heterocycles. The fourth-order valence-corrected chi connectivity index (χ4v) is 4.44. The molecule has 0 atom stereocenters. The first-order valence-corrected chi connectivity index (χ1v) is 10.2. The number of hydrogen-bond donors (Lipinski definition) is 4. The zero-order valence-electron chi connectivity index (χ0n) is 16.2. The monoisotopic (exact) mass is 395 g/mol. The Bertz CT molecular complexity index is 1030. The van der Waals surface area contributed by atoms with E-state index < -0.39 is 5.97 Å². The molecule has 0 radical (unpaired) electrons. The molecule has 2 fully saturated rings. The van der Waals surface area contributed by atoms with Crippen molar-refractivity contribution in [3.8, 4) is 0 Å². The number of nitrogens with one attached hydrogen (secondary N) is 3. The Balaban J connectivity index is 1.47. The van der Waals surface area contributed by atoms with Crippen LogP contribution in [-0.4, -0.2) is 56.8 Å². The maximum Gasteiger partial charge on any atom is 0.337 e. The highest BCUT2D eigenvalue weighted by Gasteiger charge is 2.22. The van der Waals surface area contributed by atoms with Crippen molar-refractivity contribution >= 4 is 34.6 Å². The fraction of sp³-hybridized carbons (Fsp3) is 0.450. The summed E-state index contributed by atoms with van der Waals surface area (Å²) in [5, 5.41) is 16.3. The lowest BCUT2D eigenvalue weighted by molar-refractivity contribution is 0.0697. The van der Waals surface area contributed by atoms with Crippen molar-refractivity contribution in [2.75, 3.05) is 36.4 Å². The van der Waals surface area contributed by atoms with E-state index in [0.717, 1.165) is 43.3 Å². The van der Waals surface area contributed by atoms with Crippen molar-refractivity contribution in [2.45, 2.75) is 31.7 Å². The van der Waals surface area contributed by atoms with Crippen LogP contribution in [0, 0.1) is 0 Å². The molecule has 1 saturated heterocycles. The van der Waals surface area contributed by atoms with Crippen LogP contribution >= 0.6 is 0 Å². The van der Waals surface area contributed by atoms with Gasteiger partial charge in [0.05, 0.1) is 22.3 Å². The number of aromatic nitrogens is 4. The summed E-state index contributed by atoms with van der Waals surface area (Å²) >= 11 is 0. The topological polar surface area (TPSA) is 111 Å². The molecule has 29 heavy (non-hydrogen) atoms. The third-order valence-electron chi connectivity index (χ3n) is 5.90. The number of carboxylic acid groups (broad SMARTS) is 1. The van der Waals surface area contributed by atoms with Crippen LogP contribution in [0.4, 0.5) is 17.6 Å². The smallest absolute Gasteiger partial charge is 0.337 e. The van der Waals surface area contributed by atoms with Gasteiger partial charge in [-0.15, -0.1) is 0 Å². The summed E-state index contributed by atoms with van der Waals surface area (Å²) < 4.78 is 2.18. The molecule has 3 aromatic rings. The molecule has 0 spiro atoms. The van der Waals surface area contributed by atoms with Crippen molar-refractivity contribution in [3.63, 3.8) is 0 Å². The molecule has 0 unspecified atom stereocenters. The van der Waals surface area contributed by atoms with Gasteiger partial charge in [0.25, 0.3) is 0 Å². The van der Waals surface area contributed by atoms with Gasteiger partial charge in [-0.1, -0.05) is 12.8 Å². The fourth-order valence-electron chi connectivity index (χ4n) is 4.44. The first-order chi connectivity index (χ1) is 14.2. The molecular formula is C20H25N7O2. The molecule has 0 amide bonds. The second kappa shape index (κ2) is 7.40. The van der Waals surface area contributed by atoms with Gasteiger partial charge >= 0.3 is 5.97 Å². The van der Waals surface area contributed by atoms with Gasteiger partial charge < -0.3 is 24.9 Å². The molecule has 4 N–H and O–H groups in total. The van der Waals surface area contributed by atoms with Gasteiger partial charge in [-0.05, 0) is 25.0 Å². The number of rotatable bonds is 5. The number of nitrogens with zero attached hydrogens (tertiary/aromatic N) is 4. The number of imidazole rings is 2. The first-order valence-electron chi connectivity index (χ1n) is 10.2. The van der Waals surface area contributed by atoms with Gasteiger partial charge in [0.1, 0.15) is 0 Å². The van der Waals surface area contributed by atoms with E-state index >= 15 is 0 Å². The SMILES string of the molecule is O=C(O)c1cc2nc(Nc3nccn3C3CCCC3)[nH]c2cc1N1CCNCC1. The van der Waals surface area contributed by atoms with Crippen LogP contribution < -0.4 is 15.5 Å². The van der Waals surface area contributed by atoms with E-state index in [1.54, 1.807) is 12.3 Å². The van der Waals surface area contributed by atoms with Gasteiger partial charge in [-0.3, -0.25) is 5.32 Å². The number of carbonyl (C=O) groups is 1. The van der Waals surface area contributed by atoms with Crippen LogP contribution in [0.1, 0.15) is 42.1 Å². The maximum absolute atomic E-state index is 11.9. The minimum Gasteiger partial charge on any atom is -0.478 e. The van der Waals surface area contributed by atoms with Crippen LogP contribution in [0.3, 0.4) is 0 Å². The third kappa shape index (κ3) is 3.42. The van der Waals surface area contributed by atoms with Gasteiger partial charge in [0.15, 0.2) is 0 Å². The van der Waals surface area contributed by atoms with Crippen LogP contribution in [0.15, 0.2) is 24.5 Å². The lowest BCUT2D eigenvalue weighted by Crippen LogP contribution is -2.44. The Morgan fingerprint density at radius 1 is 1.21 bits per heavy atom. The molecule has 9 nitrogen and oxygen atoms in total. The lowest BCUT2D eigenvalue weighted by Gasteiger charge is -2.30. The largest absolute Gasteiger partial charge is 0.478 e. The molecule has 1 aromatic carbocycles. The van der Waals surface area contributed by atoms with Crippen molar-refractivity contribution in [1.29, 1.82) is 0 Å². The van der Waals surface area contributed by atoms with Crippen molar-refractivity contribution in [3.05, 3.63) is 30.1 Å². The molecule has 2 aromatic heterocycles. The number of piperazine rings is 1. The van der Waals surface area contributed by atoms with Gasteiger partial charge in [0.2, 0.25) is 11.9 Å². The summed E-state index contributed by atoms with van der Waals surface area (Å²) in [6.45, 7) is 3.25. The highest BCUT2D eigenvalue weighted by molar-refractivity contribution is 6.00. The number of fused-ring (bicyclic) bond motifs is 1. The number of hydrogen-bond acceptors (Lipinski definition) is 6. The van der Waals surface area contributed by atoms with E-state index in [4.69, 9.17) is 0 Å². The molecule has 9 heteroatoms. The van der Waals surface area contributed by atoms with Crippen LogP contribution in [0.2, 0.25) is 0 Å². The zero-order valence-corrected chi connectivity index (χ0v) is 16.2. The molecule has 3 heterocycles. The van der Waals surface area contributed by atoms with Gasteiger partial charge in [-0.2, -0.15) is 0 Å². The first kappa shape index (κ1) is 18.0. The molecule has 1 saturated carbocycles. The average Bonchev–Trinajstić information content (AvgIpc) is 3.47. The van der Waals surface area contributed by atoms with Crippen LogP contribution in [-0.2, 0) is 0 Å². The Hall–Kier alpha value is -3.07. The van der Waals surface area contributed by atoms with E-state index in [9.17, 15) is 9.90 Å². The Morgan fingerprint density at radius 2 is 2.00 bits per heavy atom. The second-order valence-electron chi connectivity index (χ2n) is 7.74. The predicted octanol–water partition coefficient (Wildman–Crippen LogP) is 2.73. The molecule has 2 aliphatic rings. The summed E-state index contributed by atoms with van der Waals surface area (Å²) in [5.41, 5.74) is 2.45. The molecule has 0 bridgehead atoms. The van der Waals surface area contributed by atoms with Crippen molar-refractivity contribution < 1.29 is 9.90 Å². The summed E-state index contributed by atoms with van der Waals surface area (Å²) in [7, 11) is 0. The standard InChI is InChI=1S/C20H25N7O2/c28-18(29)14-11-15-16(12-17(14)26-8-5-21-6-9-26)24-19(23-15)25-20-22-7-10-27(20)13-3-1-2-4-13/h7,10-13,21H,1-6,8-9H2,(H,28,29)(H2,22,23,24,25). The number of H-pyrrole nitrogens is 1. The van der Waals surface area contributed by atoms with Gasteiger partial charge in [-0.25, -0.2) is 14.8 Å². The Labute approximate surface area is 168 Å². The normalized spacial score (nSPS) is 17.9. The van der Waals surface area contributed by atoms with E-state index in [2.05, 4.69) is 35.1 Å². The third-order valence-corrected chi connectivity index (χ3v) is 5.90. The summed E-state index contributed by atoms with van der Waals surface area (Å²) in [6.07, 6.45) is 8.64. The predicted molar refractivity (Wildman–Crippen MR) is 111 cm³/mol. The number of carboxylic acids is 1. The number of anilines is 3. The summed E-state index contributed by atoms with van der Waals surface area (Å²) in [4.78, 5) is 26.3. The van der Waals surface area contributed by atoms with E-state index in [1.165, 1.54) is 25.7 Å². The highest BCUT2D eigenvalue weighted by atomic mass is 16.4. The molecule has 152 valence electrons. The Morgan fingerprint density at radius 3 is 2.76 bits per heavy atom. The van der Waals surface area contributed by atoms with E-state index in [-0.39, 0.29) is 5.56 Å². The van der Waals surface area contributed by atoms with E-state index in [1.807, 2.05) is 12.3 Å². The second-order valence-corrected chi connectivity index (χ2v) is 7.74.